The predicted molar refractivity (Wildman–Crippen MR) is 55.0 cm³/mol. The van der Waals surface area contributed by atoms with E-state index in [-0.39, 0.29) is 12.2 Å². The first kappa shape index (κ1) is 12.0. The second-order valence-corrected chi connectivity index (χ2v) is 4.33. The summed E-state index contributed by atoms with van der Waals surface area (Å²) in [6, 6.07) is 0. The molecule has 0 saturated heterocycles. The van der Waals surface area contributed by atoms with Crippen LogP contribution in [-0.4, -0.2) is 28.9 Å². The van der Waals surface area contributed by atoms with Crippen LogP contribution in [0.15, 0.2) is 12.3 Å². The van der Waals surface area contributed by atoms with Crippen molar-refractivity contribution in [3.63, 3.8) is 0 Å². The number of aliphatic hydroxyl groups is 1. The van der Waals surface area contributed by atoms with Crippen LogP contribution in [0.2, 0.25) is 0 Å². The lowest BCUT2D eigenvalue weighted by atomic mass is 9.84. The number of hydrogen-bond donors (Lipinski definition) is 1. The zero-order chi connectivity index (χ0) is 11.6. The van der Waals surface area contributed by atoms with Gasteiger partial charge in [0.05, 0.1) is 12.4 Å². The normalized spacial score (nSPS) is 35.1. The van der Waals surface area contributed by atoms with Gasteiger partial charge in [-0.15, -0.1) is 0 Å². The van der Waals surface area contributed by atoms with E-state index >= 15 is 0 Å². The molecule has 1 aliphatic rings. The molecule has 0 aromatic heterocycles. The molecule has 0 amide bonds. The summed E-state index contributed by atoms with van der Waals surface area (Å²) in [6.07, 6.45) is 2.32. The molecule has 4 heteroatoms. The van der Waals surface area contributed by atoms with Gasteiger partial charge in [-0.3, -0.25) is 4.79 Å². The molecule has 1 N–H and O–H groups in total. The molecule has 4 nitrogen and oxygen atoms in total. The molecule has 15 heavy (non-hydrogen) atoms. The van der Waals surface area contributed by atoms with Crippen LogP contribution >= 0.6 is 0 Å². The van der Waals surface area contributed by atoms with Gasteiger partial charge in [0.25, 0.3) is 0 Å². The first-order valence-electron chi connectivity index (χ1n) is 5.10. The summed E-state index contributed by atoms with van der Waals surface area (Å²) in [6.45, 7) is 6.87. The molecule has 0 aliphatic carbocycles. The topological polar surface area (TPSA) is 55.8 Å². The molecule has 0 saturated carbocycles. The molecular weight excluding hydrogens is 196 g/mol. The number of ether oxygens (including phenoxy) is 2. The quantitative estimate of drug-likeness (QED) is 0.703. The van der Waals surface area contributed by atoms with E-state index in [1.165, 1.54) is 12.3 Å². The standard InChI is InChI=1S/C11H18O4/c1-7(2)15-10(12)9-8(3)14-6-5-11(9,4)13/h5-9,13H,1-4H3/t8-,9+,11-/m0/s1. The largest absolute Gasteiger partial charge is 0.498 e. The lowest BCUT2D eigenvalue weighted by Crippen LogP contribution is -2.48. The molecule has 1 rings (SSSR count). The van der Waals surface area contributed by atoms with Crippen molar-refractivity contribution in [1.29, 1.82) is 0 Å². The summed E-state index contributed by atoms with van der Waals surface area (Å²) in [5.41, 5.74) is -1.20. The zero-order valence-corrected chi connectivity index (χ0v) is 9.56. The SMILES string of the molecule is CC(C)OC(=O)[C@H]1[C@H](C)OC=C[C@]1(C)O. The van der Waals surface area contributed by atoms with Crippen LogP contribution in [0.5, 0.6) is 0 Å². The third-order valence-electron chi connectivity index (χ3n) is 2.40. The zero-order valence-electron chi connectivity index (χ0n) is 9.56. The Hall–Kier alpha value is -1.03. The fraction of sp³-hybridized carbons (Fsp3) is 0.727. The number of carbonyl (C=O) groups excluding carboxylic acids is 1. The minimum absolute atomic E-state index is 0.189. The van der Waals surface area contributed by atoms with Gasteiger partial charge in [-0.25, -0.2) is 0 Å². The highest BCUT2D eigenvalue weighted by atomic mass is 16.5. The van der Waals surface area contributed by atoms with Crippen molar-refractivity contribution in [2.75, 3.05) is 0 Å². The van der Waals surface area contributed by atoms with Gasteiger partial charge in [0.2, 0.25) is 0 Å². The second-order valence-electron chi connectivity index (χ2n) is 4.33. The van der Waals surface area contributed by atoms with E-state index in [0.29, 0.717) is 0 Å². The molecular formula is C11H18O4. The minimum Gasteiger partial charge on any atom is -0.498 e. The van der Waals surface area contributed by atoms with E-state index in [1.54, 1.807) is 27.7 Å². The summed E-state index contributed by atoms with van der Waals surface area (Å²) < 4.78 is 10.3. The molecule has 0 fully saturated rings. The third-order valence-corrected chi connectivity index (χ3v) is 2.40. The number of rotatable bonds is 2. The van der Waals surface area contributed by atoms with Crippen LogP contribution < -0.4 is 0 Å². The summed E-state index contributed by atoms with van der Waals surface area (Å²) in [7, 11) is 0. The fourth-order valence-corrected chi connectivity index (χ4v) is 1.69. The molecule has 0 bridgehead atoms. The van der Waals surface area contributed by atoms with Crippen molar-refractivity contribution in [3.05, 3.63) is 12.3 Å². The number of carbonyl (C=O) groups is 1. The highest BCUT2D eigenvalue weighted by Gasteiger charge is 2.44. The Morgan fingerprint density at radius 3 is 2.67 bits per heavy atom. The van der Waals surface area contributed by atoms with Crippen LogP contribution in [0.4, 0.5) is 0 Å². The van der Waals surface area contributed by atoms with Crippen molar-refractivity contribution in [3.8, 4) is 0 Å². The summed E-state index contributed by atoms with van der Waals surface area (Å²) in [5.74, 6) is -1.10. The van der Waals surface area contributed by atoms with E-state index in [1.807, 2.05) is 0 Å². The molecule has 0 unspecified atom stereocenters. The molecule has 0 aromatic carbocycles. The fourth-order valence-electron chi connectivity index (χ4n) is 1.69. The van der Waals surface area contributed by atoms with Gasteiger partial charge in [-0.2, -0.15) is 0 Å². The first-order chi connectivity index (χ1) is 6.84. The Morgan fingerprint density at radius 1 is 1.60 bits per heavy atom. The monoisotopic (exact) mass is 214 g/mol. The van der Waals surface area contributed by atoms with E-state index < -0.39 is 17.5 Å². The smallest absolute Gasteiger partial charge is 0.316 e. The predicted octanol–water partition coefficient (Wildman–Crippen LogP) is 1.24. The third kappa shape index (κ3) is 2.72. The van der Waals surface area contributed by atoms with Gasteiger partial charge < -0.3 is 14.6 Å². The number of esters is 1. The summed E-state index contributed by atoms with van der Waals surface area (Å²) in [5, 5.41) is 10.0. The summed E-state index contributed by atoms with van der Waals surface area (Å²) in [4.78, 5) is 11.7. The maximum absolute atomic E-state index is 11.7. The molecule has 0 radical (unpaired) electrons. The minimum atomic E-state index is -1.20. The van der Waals surface area contributed by atoms with Crippen LogP contribution in [0.1, 0.15) is 27.7 Å². The Bertz CT molecular complexity index is 268. The maximum Gasteiger partial charge on any atom is 0.316 e. The van der Waals surface area contributed by atoms with E-state index in [4.69, 9.17) is 9.47 Å². The van der Waals surface area contributed by atoms with Crippen LogP contribution in [0, 0.1) is 5.92 Å². The highest BCUT2D eigenvalue weighted by Crippen LogP contribution is 2.29. The van der Waals surface area contributed by atoms with Crippen molar-refractivity contribution < 1.29 is 19.4 Å². The average molecular weight is 214 g/mol. The molecule has 0 spiro atoms. The summed E-state index contributed by atoms with van der Waals surface area (Å²) >= 11 is 0. The van der Waals surface area contributed by atoms with Crippen molar-refractivity contribution >= 4 is 5.97 Å². The lowest BCUT2D eigenvalue weighted by molar-refractivity contribution is -0.167. The molecule has 86 valence electrons. The maximum atomic E-state index is 11.7. The van der Waals surface area contributed by atoms with E-state index in [0.717, 1.165) is 0 Å². The Balaban J connectivity index is 2.81. The molecule has 1 aliphatic heterocycles. The van der Waals surface area contributed by atoms with Crippen molar-refractivity contribution in [2.45, 2.75) is 45.5 Å². The van der Waals surface area contributed by atoms with Gasteiger partial charge in [-0.05, 0) is 33.8 Å². The van der Waals surface area contributed by atoms with Crippen molar-refractivity contribution in [1.82, 2.24) is 0 Å². The number of hydrogen-bond acceptors (Lipinski definition) is 4. The van der Waals surface area contributed by atoms with Gasteiger partial charge in [0, 0.05) is 0 Å². The molecule has 3 atom stereocenters. The average Bonchev–Trinajstić information content (AvgIpc) is 1.99. The highest BCUT2D eigenvalue weighted by molar-refractivity contribution is 5.75. The van der Waals surface area contributed by atoms with Crippen LogP contribution in [0.25, 0.3) is 0 Å². The van der Waals surface area contributed by atoms with E-state index in [2.05, 4.69) is 0 Å². The van der Waals surface area contributed by atoms with Crippen LogP contribution in [0.3, 0.4) is 0 Å². The van der Waals surface area contributed by atoms with Gasteiger partial charge in [0.15, 0.2) is 0 Å². The van der Waals surface area contributed by atoms with E-state index in [9.17, 15) is 9.90 Å². The van der Waals surface area contributed by atoms with Crippen molar-refractivity contribution in [2.24, 2.45) is 5.92 Å². The van der Waals surface area contributed by atoms with Gasteiger partial charge >= 0.3 is 5.97 Å². The van der Waals surface area contributed by atoms with Gasteiger partial charge in [0.1, 0.15) is 17.6 Å². The Morgan fingerprint density at radius 2 is 2.20 bits per heavy atom. The van der Waals surface area contributed by atoms with Gasteiger partial charge in [-0.1, -0.05) is 0 Å². The second kappa shape index (κ2) is 4.23. The first-order valence-corrected chi connectivity index (χ1v) is 5.10. The molecule has 1 heterocycles. The van der Waals surface area contributed by atoms with Crippen LogP contribution in [-0.2, 0) is 14.3 Å². The Labute approximate surface area is 89.9 Å². The Kier molecular flexibility index (Phi) is 3.39. The molecule has 0 aromatic rings. The lowest BCUT2D eigenvalue weighted by Gasteiger charge is -2.35.